The molecule has 3 aromatic rings. The Kier molecular flexibility index (Phi) is 4.77. The summed E-state index contributed by atoms with van der Waals surface area (Å²) in [6, 6.07) is 6.46. The lowest BCUT2D eigenvalue weighted by molar-refractivity contribution is -0.392. The fourth-order valence-corrected chi connectivity index (χ4v) is 2.91. The Hall–Kier alpha value is -3.11. The molecule has 0 aliphatic heterocycles. The number of fused-ring (bicyclic) bond motifs is 1. The monoisotopic (exact) mass is 414 g/mol. The number of nitrogens with zero attached hydrogens (tertiary/aromatic N) is 3. The number of halogens is 4. The number of nitrogens with one attached hydrogen (secondary N) is 1. The van der Waals surface area contributed by atoms with Crippen molar-refractivity contribution in [1.29, 1.82) is 0 Å². The third-order valence-corrected chi connectivity index (χ3v) is 4.33. The number of non-ortho nitro benzene ring substituents is 1. The molecule has 0 atom stereocenters. The van der Waals surface area contributed by atoms with Gasteiger partial charge in [-0.25, -0.2) is 0 Å². The summed E-state index contributed by atoms with van der Waals surface area (Å²) in [4.78, 5) is 23.9. The van der Waals surface area contributed by atoms with Crippen LogP contribution in [0, 0.1) is 32.1 Å². The van der Waals surface area contributed by atoms with Gasteiger partial charge in [0.15, 0.2) is 0 Å². The molecule has 12 heteroatoms. The first kappa shape index (κ1) is 18.7. The summed E-state index contributed by atoms with van der Waals surface area (Å²) in [7, 11) is 0. The topological polar surface area (TPSA) is 111 Å². The molecule has 0 aliphatic rings. The average Bonchev–Trinajstić information content (AvgIpc) is 2.62. The largest absolute Gasteiger partial charge is 0.347 e. The molecule has 0 radical (unpaired) electrons. The number of hydrogen-bond acceptors (Lipinski definition) is 6. The molecule has 0 spiro atoms. The zero-order valence-corrected chi connectivity index (χ0v) is 14.4. The molecule has 2 aromatic carbocycles. The Labute approximate surface area is 158 Å². The van der Waals surface area contributed by atoms with Crippen molar-refractivity contribution >= 4 is 56.7 Å². The van der Waals surface area contributed by atoms with E-state index in [-0.39, 0.29) is 16.5 Å². The fourth-order valence-electron chi connectivity index (χ4n) is 2.49. The van der Waals surface area contributed by atoms with E-state index in [9.17, 15) is 29.0 Å². The van der Waals surface area contributed by atoms with E-state index in [2.05, 4.69) is 10.3 Å². The quantitative estimate of drug-likeness (QED) is 0.348. The molecule has 0 fully saturated rings. The second-order valence-electron chi connectivity index (χ2n) is 5.17. The minimum absolute atomic E-state index is 0.0585. The number of rotatable bonds is 4. The maximum Gasteiger partial charge on any atom is 0.300 e. The molecular formula is C15H6Cl2F2N4O4. The summed E-state index contributed by atoms with van der Waals surface area (Å²) < 4.78 is 27.3. The van der Waals surface area contributed by atoms with Crippen LogP contribution in [0.4, 0.5) is 31.5 Å². The molecule has 27 heavy (non-hydrogen) atoms. The number of anilines is 2. The highest BCUT2D eigenvalue weighted by Crippen LogP contribution is 2.43. The van der Waals surface area contributed by atoms with E-state index < -0.39 is 48.8 Å². The van der Waals surface area contributed by atoms with Gasteiger partial charge in [-0.1, -0.05) is 41.4 Å². The van der Waals surface area contributed by atoms with Crippen molar-refractivity contribution in [3.63, 3.8) is 0 Å². The molecule has 1 N–H and O–H groups in total. The van der Waals surface area contributed by atoms with Gasteiger partial charge in [-0.15, -0.1) is 0 Å². The van der Waals surface area contributed by atoms with E-state index in [4.69, 9.17) is 23.2 Å². The molecular weight excluding hydrogens is 409 g/mol. The first-order chi connectivity index (χ1) is 12.7. The van der Waals surface area contributed by atoms with Gasteiger partial charge in [0.05, 0.1) is 27.0 Å². The summed E-state index contributed by atoms with van der Waals surface area (Å²) in [6.07, 6.45) is 0. The van der Waals surface area contributed by atoms with Crippen LogP contribution in [-0.2, 0) is 0 Å². The van der Waals surface area contributed by atoms with E-state index in [1.54, 1.807) is 0 Å². The van der Waals surface area contributed by atoms with E-state index in [1.807, 2.05) is 0 Å². The van der Waals surface area contributed by atoms with Gasteiger partial charge in [-0.3, -0.25) is 20.2 Å². The summed E-state index contributed by atoms with van der Waals surface area (Å²) in [5.41, 5.74) is -1.97. The molecule has 3 rings (SSSR count). The molecule has 138 valence electrons. The molecule has 0 unspecified atom stereocenters. The molecule has 0 aliphatic carbocycles. The number of benzene rings is 2. The van der Waals surface area contributed by atoms with E-state index in [0.717, 1.165) is 6.07 Å². The zero-order valence-electron chi connectivity index (χ0n) is 12.9. The number of aromatic nitrogens is 1. The van der Waals surface area contributed by atoms with Crippen molar-refractivity contribution in [2.45, 2.75) is 0 Å². The molecule has 1 aromatic heterocycles. The molecule has 0 amide bonds. The first-order valence-electron chi connectivity index (χ1n) is 7.04. The maximum atomic E-state index is 13.7. The van der Waals surface area contributed by atoms with Crippen LogP contribution in [-0.4, -0.2) is 14.8 Å². The molecule has 0 bridgehead atoms. The van der Waals surface area contributed by atoms with Crippen molar-refractivity contribution in [2.75, 3.05) is 5.32 Å². The number of nitro groups is 2. The lowest BCUT2D eigenvalue weighted by Gasteiger charge is -2.14. The Bertz CT molecular complexity index is 1100. The minimum Gasteiger partial charge on any atom is -0.347 e. The van der Waals surface area contributed by atoms with Crippen molar-refractivity contribution in [2.24, 2.45) is 0 Å². The van der Waals surface area contributed by atoms with Crippen molar-refractivity contribution < 1.29 is 18.6 Å². The first-order valence-corrected chi connectivity index (χ1v) is 7.79. The summed E-state index contributed by atoms with van der Waals surface area (Å²) in [5, 5.41) is 23.9. The van der Waals surface area contributed by atoms with Gasteiger partial charge in [0.2, 0.25) is 11.9 Å². The van der Waals surface area contributed by atoms with Gasteiger partial charge < -0.3 is 5.32 Å². The number of pyridine rings is 1. The highest BCUT2D eigenvalue weighted by atomic mass is 35.5. The molecule has 0 saturated heterocycles. The van der Waals surface area contributed by atoms with Gasteiger partial charge in [0, 0.05) is 5.39 Å². The predicted octanol–water partition coefficient (Wildman–Crippen LogP) is 5.38. The average molecular weight is 415 g/mol. The van der Waals surface area contributed by atoms with Crippen LogP contribution < -0.4 is 5.32 Å². The number of hydrogen-bond donors (Lipinski definition) is 1. The van der Waals surface area contributed by atoms with E-state index in [0.29, 0.717) is 0 Å². The normalized spacial score (nSPS) is 10.8. The van der Waals surface area contributed by atoms with Crippen LogP contribution in [0.3, 0.4) is 0 Å². The predicted molar refractivity (Wildman–Crippen MR) is 94.7 cm³/mol. The minimum atomic E-state index is -1.38. The van der Waals surface area contributed by atoms with Crippen LogP contribution in [0.15, 0.2) is 30.3 Å². The second-order valence-corrected chi connectivity index (χ2v) is 5.93. The molecule has 8 nitrogen and oxygen atoms in total. The van der Waals surface area contributed by atoms with Crippen molar-refractivity contribution in [3.05, 3.63) is 72.5 Å². The zero-order chi connectivity index (χ0) is 19.9. The maximum absolute atomic E-state index is 13.7. The Morgan fingerprint density at radius 3 is 1.93 bits per heavy atom. The smallest absolute Gasteiger partial charge is 0.300 e. The Balaban J connectivity index is 2.36. The van der Waals surface area contributed by atoms with Crippen molar-refractivity contribution in [1.82, 2.24) is 4.98 Å². The summed E-state index contributed by atoms with van der Waals surface area (Å²) in [5.74, 6) is -2.76. The third-order valence-electron chi connectivity index (χ3n) is 3.64. The lowest BCUT2D eigenvalue weighted by atomic mass is 10.0. The van der Waals surface area contributed by atoms with E-state index >= 15 is 0 Å². The van der Waals surface area contributed by atoms with Crippen LogP contribution in [0.25, 0.3) is 10.8 Å². The SMILES string of the molecule is O=[N+]([O-])c1cc([N+](=O)[O-])c2ccccc2c1Nc1c(Cl)c(F)nc(F)c1Cl. The van der Waals surface area contributed by atoms with Crippen LogP contribution in [0.5, 0.6) is 0 Å². The van der Waals surface area contributed by atoms with Crippen LogP contribution in [0.2, 0.25) is 10.0 Å². The summed E-state index contributed by atoms with van der Waals surface area (Å²) >= 11 is 11.5. The molecule has 1 heterocycles. The second kappa shape index (κ2) is 6.89. The Morgan fingerprint density at radius 2 is 1.41 bits per heavy atom. The van der Waals surface area contributed by atoms with Gasteiger partial charge in [0.1, 0.15) is 15.7 Å². The lowest BCUT2D eigenvalue weighted by Crippen LogP contribution is -2.04. The van der Waals surface area contributed by atoms with Gasteiger partial charge in [-0.2, -0.15) is 13.8 Å². The van der Waals surface area contributed by atoms with Crippen LogP contribution >= 0.6 is 23.2 Å². The van der Waals surface area contributed by atoms with Gasteiger partial charge >= 0.3 is 0 Å². The Morgan fingerprint density at radius 1 is 0.889 bits per heavy atom. The van der Waals surface area contributed by atoms with Crippen LogP contribution in [0.1, 0.15) is 0 Å². The van der Waals surface area contributed by atoms with Gasteiger partial charge in [0.25, 0.3) is 11.4 Å². The fraction of sp³-hybridized carbons (Fsp3) is 0. The van der Waals surface area contributed by atoms with E-state index in [1.165, 1.54) is 24.3 Å². The van der Waals surface area contributed by atoms with Crippen molar-refractivity contribution in [3.8, 4) is 0 Å². The standard InChI is InChI=1S/C15H6Cl2F2N4O4/c16-10-13(11(17)15(19)21-14(10)18)20-12-7-4-2-1-3-6(7)8(22(24)25)5-9(12)23(26)27/h1-5H,(H,20,21). The summed E-state index contributed by atoms with van der Waals surface area (Å²) in [6.45, 7) is 0. The highest BCUT2D eigenvalue weighted by molar-refractivity contribution is 6.39. The van der Waals surface area contributed by atoms with Gasteiger partial charge in [-0.05, 0) is 6.07 Å². The number of nitro benzene ring substituents is 2. The third kappa shape index (κ3) is 3.20. The molecule has 0 saturated carbocycles. The highest BCUT2D eigenvalue weighted by Gasteiger charge is 2.27.